The number of aromatic nitrogens is 1. The molecule has 20 heavy (non-hydrogen) atoms. The molecule has 0 spiro atoms. The smallest absolute Gasteiger partial charge is 0.267 e. The number of benzene rings is 1. The normalized spacial score (nSPS) is 11.8. The van der Waals surface area contributed by atoms with Crippen LogP contribution in [0.15, 0.2) is 38.2 Å². The van der Waals surface area contributed by atoms with Crippen molar-refractivity contribution in [2.75, 3.05) is 4.72 Å². The Hall–Kier alpha value is -1.41. The third kappa shape index (κ3) is 3.18. The van der Waals surface area contributed by atoms with Crippen molar-refractivity contribution in [2.45, 2.75) is 24.7 Å². The minimum Gasteiger partial charge on any atom is -0.338 e. The SMILES string of the molecule is CC(C)c1cc(NS(=O)(=O)c2ccc(Br)cc2F)on1. The molecular weight excluding hydrogens is 351 g/mol. The van der Waals surface area contributed by atoms with Crippen molar-refractivity contribution in [1.82, 2.24) is 5.16 Å². The summed E-state index contributed by atoms with van der Waals surface area (Å²) in [5.74, 6) is -0.798. The highest BCUT2D eigenvalue weighted by molar-refractivity contribution is 9.10. The van der Waals surface area contributed by atoms with Gasteiger partial charge in [0.25, 0.3) is 10.0 Å². The summed E-state index contributed by atoms with van der Waals surface area (Å²) in [6.45, 7) is 3.79. The average Bonchev–Trinajstić information content (AvgIpc) is 2.76. The molecule has 108 valence electrons. The number of hydrogen-bond acceptors (Lipinski definition) is 4. The van der Waals surface area contributed by atoms with Crippen LogP contribution in [-0.2, 0) is 10.0 Å². The second-order valence-electron chi connectivity index (χ2n) is 4.45. The van der Waals surface area contributed by atoms with Gasteiger partial charge in [-0.1, -0.05) is 34.9 Å². The highest BCUT2D eigenvalue weighted by atomic mass is 79.9. The molecule has 2 aromatic rings. The fraction of sp³-hybridized carbons (Fsp3) is 0.250. The summed E-state index contributed by atoms with van der Waals surface area (Å²) in [5, 5.41) is 3.73. The number of anilines is 1. The molecule has 1 aromatic heterocycles. The quantitative estimate of drug-likeness (QED) is 0.903. The Labute approximate surface area is 124 Å². The summed E-state index contributed by atoms with van der Waals surface area (Å²) < 4.78 is 45.3. The number of rotatable bonds is 4. The predicted octanol–water partition coefficient (Wildman–Crippen LogP) is 3.50. The number of nitrogens with zero attached hydrogens (tertiary/aromatic N) is 1. The fourth-order valence-corrected chi connectivity index (χ4v) is 2.86. The second-order valence-corrected chi connectivity index (χ2v) is 7.02. The zero-order chi connectivity index (χ0) is 14.9. The number of sulfonamides is 1. The van der Waals surface area contributed by atoms with E-state index >= 15 is 0 Å². The van der Waals surface area contributed by atoms with Gasteiger partial charge in [0.2, 0.25) is 5.88 Å². The van der Waals surface area contributed by atoms with E-state index in [4.69, 9.17) is 4.52 Å². The number of halogens is 2. The lowest BCUT2D eigenvalue weighted by Crippen LogP contribution is -2.14. The molecule has 0 atom stereocenters. The zero-order valence-corrected chi connectivity index (χ0v) is 13.1. The first-order valence-corrected chi connectivity index (χ1v) is 8.01. The van der Waals surface area contributed by atoms with Gasteiger partial charge in [0.1, 0.15) is 10.7 Å². The van der Waals surface area contributed by atoms with Crippen LogP contribution in [0.4, 0.5) is 10.3 Å². The molecule has 0 bridgehead atoms. The van der Waals surface area contributed by atoms with Gasteiger partial charge in [0, 0.05) is 10.5 Å². The van der Waals surface area contributed by atoms with Crippen molar-refractivity contribution >= 4 is 31.8 Å². The van der Waals surface area contributed by atoms with Gasteiger partial charge in [-0.3, -0.25) is 0 Å². The van der Waals surface area contributed by atoms with E-state index in [-0.39, 0.29) is 11.8 Å². The van der Waals surface area contributed by atoms with Gasteiger partial charge in [-0.15, -0.1) is 0 Å². The van der Waals surface area contributed by atoms with E-state index in [0.717, 1.165) is 6.07 Å². The van der Waals surface area contributed by atoms with Crippen molar-refractivity contribution in [1.29, 1.82) is 0 Å². The Balaban J connectivity index is 2.30. The second kappa shape index (κ2) is 5.53. The molecule has 0 radical (unpaired) electrons. The predicted molar refractivity (Wildman–Crippen MR) is 75.5 cm³/mol. The average molecular weight is 363 g/mol. The van der Waals surface area contributed by atoms with E-state index in [9.17, 15) is 12.8 Å². The maximum absolute atomic E-state index is 13.7. The minimum absolute atomic E-state index is 0.0454. The highest BCUT2D eigenvalue weighted by Crippen LogP contribution is 2.23. The van der Waals surface area contributed by atoms with Gasteiger partial charge >= 0.3 is 0 Å². The van der Waals surface area contributed by atoms with Gasteiger partial charge in [0.05, 0.1) is 5.69 Å². The van der Waals surface area contributed by atoms with Crippen molar-refractivity contribution in [2.24, 2.45) is 0 Å². The molecule has 0 aliphatic heterocycles. The Bertz CT molecular complexity index is 728. The van der Waals surface area contributed by atoms with E-state index < -0.39 is 20.7 Å². The summed E-state index contributed by atoms with van der Waals surface area (Å²) >= 11 is 3.07. The fourth-order valence-electron chi connectivity index (χ4n) is 1.49. The molecule has 0 saturated carbocycles. The Kier molecular flexibility index (Phi) is 4.14. The molecule has 5 nitrogen and oxygen atoms in total. The van der Waals surface area contributed by atoms with Gasteiger partial charge in [0.15, 0.2) is 0 Å². The summed E-state index contributed by atoms with van der Waals surface area (Å²) in [6, 6.07) is 5.16. The third-order valence-electron chi connectivity index (χ3n) is 2.54. The lowest BCUT2D eigenvalue weighted by Gasteiger charge is -2.05. The van der Waals surface area contributed by atoms with Crippen molar-refractivity contribution < 1.29 is 17.3 Å². The first-order chi connectivity index (χ1) is 9.29. The topological polar surface area (TPSA) is 72.2 Å². The van der Waals surface area contributed by atoms with E-state index in [1.807, 2.05) is 13.8 Å². The van der Waals surface area contributed by atoms with E-state index in [1.165, 1.54) is 18.2 Å². The van der Waals surface area contributed by atoms with Crippen molar-refractivity contribution in [3.63, 3.8) is 0 Å². The van der Waals surface area contributed by atoms with Crippen LogP contribution in [-0.4, -0.2) is 13.6 Å². The maximum atomic E-state index is 13.7. The largest absolute Gasteiger partial charge is 0.338 e. The van der Waals surface area contributed by atoms with E-state index in [1.54, 1.807) is 0 Å². The summed E-state index contributed by atoms with van der Waals surface area (Å²) in [5.41, 5.74) is 0.610. The van der Waals surface area contributed by atoms with Crippen LogP contribution < -0.4 is 4.72 Å². The molecule has 1 heterocycles. The van der Waals surface area contributed by atoms with Crippen LogP contribution in [0.1, 0.15) is 25.5 Å². The van der Waals surface area contributed by atoms with Crippen LogP contribution in [0.25, 0.3) is 0 Å². The molecule has 0 fully saturated rings. The van der Waals surface area contributed by atoms with E-state index in [2.05, 4.69) is 25.8 Å². The Morgan fingerprint density at radius 2 is 2.05 bits per heavy atom. The third-order valence-corrected chi connectivity index (χ3v) is 4.41. The van der Waals surface area contributed by atoms with E-state index in [0.29, 0.717) is 10.2 Å². The number of hydrogen-bond donors (Lipinski definition) is 1. The van der Waals surface area contributed by atoms with Crippen LogP contribution in [0.3, 0.4) is 0 Å². The zero-order valence-electron chi connectivity index (χ0n) is 10.7. The molecule has 1 aromatic carbocycles. The summed E-state index contributed by atoms with van der Waals surface area (Å²) in [4.78, 5) is -0.455. The molecule has 0 aliphatic carbocycles. The van der Waals surface area contributed by atoms with Gasteiger partial charge in [-0.05, 0) is 24.1 Å². The van der Waals surface area contributed by atoms with Crippen molar-refractivity contribution in [3.05, 3.63) is 40.2 Å². The van der Waals surface area contributed by atoms with Crippen molar-refractivity contribution in [3.8, 4) is 0 Å². The van der Waals surface area contributed by atoms with Crippen LogP contribution in [0.2, 0.25) is 0 Å². The van der Waals surface area contributed by atoms with Gasteiger partial charge in [-0.25, -0.2) is 17.5 Å². The Morgan fingerprint density at radius 1 is 1.35 bits per heavy atom. The van der Waals surface area contributed by atoms with Gasteiger partial charge < -0.3 is 4.52 Å². The first kappa shape index (κ1) is 15.0. The standard InChI is InChI=1S/C12H12BrFN2O3S/c1-7(2)10-6-12(19-15-10)16-20(17,18)11-4-3-8(13)5-9(11)14/h3-7,16H,1-2H3. The molecule has 0 unspecified atom stereocenters. The lowest BCUT2D eigenvalue weighted by atomic mass is 10.1. The number of nitrogens with one attached hydrogen (secondary N) is 1. The first-order valence-electron chi connectivity index (χ1n) is 5.74. The molecule has 0 saturated heterocycles. The van der Waals surface area contributed by atoms with Gasteiger partial charge in [-0.2, -0.15) is 0 Å². The maximum Gasteiger partial charge on any atom is 0.267 e. The lowest BCUT2D eigenvalue weighted by molar-refractivity contribution is 0.423. The van der Waals surface area contributed by atoms with Crippen LogP contribution in [0, 0.1) is 5.82 Å². The monoisotopic (exact) mass is 362 g/mol. The van der Waals surface area contributed by atoms with Crippen LogP contribution >= 0.6 is 15.9 Å². The Morgan fingerprint density at radius 3 is 2.60 bits per heavy atom. The van der Waals surface area contributed by atoms with Crippen LogP contribution in [0.5, 0.6) is 0 Å². The molecular formula is C12H12BrFN2O3S. The molecule has 1 N–H and O–H groups in total. The molecule has 0 aliphatic rings. The summed E-state index contributed by atoms with van der Waals surface area (Å²) in [6.07, 6.45) is 0. The molecule has 8 heteroatoms. The molecule has 2 rings (SSSR count). The minimum atomic E-state index is -4.05. The molecule has 0 amide bonds. The summed E-state index contributed by atoms with van der Waals surface area (Å²) in [7, 11) is -4.05. The highest BCUT2D eigenvalue weighted by Gasteiger charge is 2.21.